The van der Waals surface area contributed by atoms with Crippen molar-refractivity contribution >= 4 is 29.4 Å². The van der Waals surface area contributed by atoms with Crippen LogP contribution in [0.2, 0.25) is 0 Å². The molecular formula is C34H45N7O7S. The second-order valence-electron chi connectivity index (χ2n) is 12.5. The van der Waals surface area contributed by atoms with E-state index in [9.17, 15) is 19.5 Å². The van der Waals surface area contributed by atoms with Crippen LogP contribution in [0.3, 0.4) is 0 Å². The number of hydrogen-bond acceptors (Lipinski definition) is 11. The Bertz CT molecular complexity index is 1580. The molecule has 4 amide bonds. The summed E-state index contributed by atoms with van der Waals surface area (Å²) in [7, 11) is 1.61. The predicted molar refractivity (Wildman–Crippen MR) is 181 cm³/mol. The first kappa shape index (κ1) is 37.1. The van der Waals surface area contributed by atoms with Crippen LogP contribution in [0.5, 0.6) is 0 Å². The Hall–Kier alpha value is -4.76. The van der Waals surface area contributed by atoms with Gasteiger partial charge in [-0.3, -0.25) is 9.78 Å². The van der Waals surface area contributed by atoms with E-state index in [4.69, 9.17) is 13.6 Å². The number of nitrogens with one attached hydrogen (secondary N) is 3. The van der Waals surface area contributed by atoms with Crippen molar-refractivity contribution in [3.63, 3.8) is 0 Å². The molecule has 0 aliphatic heterocycles. The zero-order valence-corrected chi connectivity index (χ0v) is 29.2. The number of urea groups is 1. The number of oxazole rings is 2. The quantitative estimate of drug-likeness (QED) is 0.123. The zero-order valence-electron chi connectivity index (χ0n) is 28.4. The van der Waals surface area contributed by atoms with Crippen LogP contribution in [0.4, 0.5) is 9.59 Å². The summed E-state index contributed by atoms with van der Waals surface area (Å²) in [4.78, 5) is 54.3. The molecule has 4 aromatic rings. The van der Waals surface area contributed by atoms with Gasteiger partial charge in [0.1, 0.15) is 24.7 Å². The summed E-state index contributed by atoms with van der Waals surface area (Å²) >= 11 is 1.36. The molecule has 3 aromatic heterocycles. The van der Waals surface area contributed by atoms with Crippen LogP contribution < -0.4 is 16.0 Å². The molecule has 264 valence electrons. The average molecular weight is 696 g/mol. The van der Waals surface area contributed by atoms with E-state index in [1.54, 1.807) is 18.8 Å². The number of aliphatic hydroxyl groups excluding tert-OH is 1. The van der Waals surface area contributed by atoms with Crippen LogP contribution in [-0.2, 0) is 35.5 Å². The van der Waals surface area contributed by atoms with Crippen molar-refractivity contribution in [3.8, 4) is 0 Å². The number of amides is 4. The number of carbonyl (C=O) groups is 3. The third kappa shape index (κ3) is 11.7. The Labute approximate surface area is 289 Å². The lowest BCUT2D eigenvalue weighted by molar-refractivity contribution is -0.124. The molecule has 4 N–H and O–H groups in total. The van der Waals surface area contributed by atoms with E-state index >= 15 is 0 Å². The largest absolute Gasteiger partial charge is 0.448 e. The summed E-state index contributed by atoms with van der Waals surface area (Å²) in [6.07, 6.45) is 4.72. The second kappa shape index (κ2) is 18.1. The molecule has 0 fully saturated rings. The fraction of sp³-hybridized carbons (Fsp3) is 0.471. The minimum atomic E-state index is -1.11. The monoisotopic (exact) mass is 695 g/mol. The minimum Gasteiger partial charge on any atom is -0.448 e. The summed E-state index contributed by atoms with van der Waals surface area (Å²) in [5, 5.41) is 20.2. The first-order chi connectivity index (χ1) is 23.5. The van der Waals surface area contributed by atoms with Crippen molar-refractivity contribution in [2.75, 3.05) is 7.05 Å². The van der Waals surface area contributed by atoms with Crippen molar-refractivity contribution in [2.24, 2.45) is 5.92 Å². The molecule has 1 aromatic carbocycles. The van der Waals surface area contributed by atoms with Crippen molar-refractivity contribution in [3.05, 3.63) is 88.7 Å². The van der Waals surface area contributed by atoms with Gasteiger partial charge in [-0.05, 0) is 24.3 Å². The molecule has 3 heterocycles. The van der Waals surface area contributed by atoms with Gasteiger partial charge in [0.25, 0.3) is 0 Å². The molecule has 0 saturated carbocycles. The van der Waals surface area contributed by atoms with Crippen molar-refractivity contribution in [2.45, 2.75) is 90.3 Å². The summed E-state index contributed by atoms with van der Waals surface area (Å²) in [6, 6.07) is 6.67. The van der Waals surface area contributed by atoms with Crippen LogP contribution in [0.15, 0.2) is 69.7 Å². The summed E-state index contributed by atoms with van der Waals surface area (Å²) in [5.41, 5.74) is 3.14. The van der Waals surface area contributed by atoms with Crippen molar-refractivity contribution < 1.29 is 33.1 Å². The van der Waals surface area contributed by atoms with Gasteiger partial charge in [0.15, 0.2) is 12.3 Å². The Kier molecular flexibility index (Phi) is 13.7. The highest BCUT2D eigenvalue weighted by molar-refractivity contribution is 7.09. The molecule has 49 heavy (non-hydrogen) atoms. The van der Waals surface area contributed by atoms with E-state index in [1.807, 2.05) is 58.0 Å². The normalized spacial score (nSPS) is 13.8. The number of ether oxygens (including phenoxy) is 1. The van der Waals surface area contributed by atoms with Gasteiger partial charge in [-0.2, -0.15) is 0 Å². The summed E-state index contributed by atoms with van der Waals surface area (Å²) in [6.45, 7) is 7.82. The topological polar surface area (TPSA) is 185 Å². The number of thiazole rings is 1. The number of benzene rings is 1. The molecule has 0 unspecified atom stereocenters. The molecule has 4 rings (SSSR count). The number of rotatable bonds is 17. The summed E-state index contributed by atoms with van der Waals surface area (Å²) < 4.78 is 16.3. The molecule has 0 radical (unpaired) electrons. The SMILES string of the molecule is CC(C)c1nc(CN(C)C(=O)N[C@H](C(=O)N[C@H](Cc2cnco2)C[C@H](O)[C@H](Cc2ccccc2)NC(=O)OCc2cncs2)C(C)C)co1. The van der Waals surface area contributed by atoms with E-state index in [0.717, 1.165) is 10.4 Å². The van der Waals surface area contributed by atoms with Crippen LogP contribution in [0, 0.1) is 5.92 Å². The third-order valence-corrected chi connectivity index (χ3v) is 8.49. The highest BCUT2D eigenvalue weighted by Crippen LogP contribution is 2.17. The second-order valence-corrected chi connectivity index (χ2v) is 13.5. The number of hydrogen-bond donors (Lipinski definition) is 4. The predicted octanol–water partition coefficient (Wildman–Crippen LogP) is 4.42. The van der Waals surface area contributed by atoms with Gasteiger partial charge in [0, 0.05) is 31.6 Å². The van der Waals surface area contributed by atoms with E-state index < -0.39 is 42.3 Å². The van der Waals surface area contributed by atoms with E-state index in [-0.39, 0.29) is 37.8 Å². The van der Waals surface area contributed by atoms with Gasteiger partial charge in [0.2, 0.25) is 5.91 Å². The number of alkyl carbamates (subject to hydrolysis) is 1. The smallest absolute Gasteiger partial charge is 0.407 e. The van der Waals surface area contributed by atoms with Crippen LogP contribution in [0.25, 0.3) is 0 Å². The summed E-state index contributed by atoms with van der Waals surface area (Å²) in [5.74, 6) is 0.476. The van der Waals surface area contributed by atoms with Crippen molar-refractivity contribution in [1.82, 2.24) is 35.8 Å². The number of carbonyl (C=O) groups excluding carboxylic acids is 3. The molecule has 4 atom stereocenters. The third-order valence-electron chi connectivity index (χ3n) is 7.74. The van der Waals surface area contributed by atoms with Gasteiger partial charge < -0.3 is 39.5 Å². The molecule has 14 nitrogen and oxygen atoms in total. The number of nitrogens with zero attached hydrogens (tertiary/aromatic N) is 4. The van der Waals surface area contributed by atoms with E-state index in [1.165, 1.54) is 35.1 Å². The first-order valence-electron chi connectivity index (χ1n) is 16.1. The highest BCUT2D eigenvalue weighted by Gasteiger charge is 2.31. The fourth-order valence-electron chi connectivity index (χ4n) is 5.07. The zero-order chi connectivity index (χ0) is 35.3. The molecule has 15 heteroatoms. The lowest BCUT2D eigenvalue weighted by atomic mass is 9.94. The standard InChI is InChI=1S/C34H45N7O7S/c1-21(2)30(40-33(44)41(5)16-25-17-46-32(38-25)22(3)4)31(43)37-24(12-26-14-35-19-48-26)13-29(42)28(11-23-9-7-6-8-10-23)39-34(45)47-18-27-15-36-20-49-27/h6-10,14-15,17,19-22,24,28-30,42H,11-13,16,18H2,1-5H3,(H,37,43)(H,39,45)(H,40,44)/t24-,28+,29+,30+/m1/s1. The maximum absolute atomic E-state index is 13.7. The maximum Gasteiger partial charge on any atom is 0.407 e. The van der Waals surface area contributed by atoms with Crippen LogP contribution in [-0.4, -0.2) is 74.3 Å². The molecule has 0 spiro atoms. The Balaban J connectivity index is 1.44. The van der Waals surface area contributed by atoms with Gasteiger partial charge in [-0.1, -0.05) is 58.0 Å². The number of aliphatic hydroxyl groups is 1. The fourth-order valence-corrected chi connectivity index (χ4v) is 5.58. The van der Waals surface area contributed by atoms with Crippen LogP contribution >= 0.6 is 11.3 Å². The Morgan fingerprint density at radius 1 is 1.00 bits per heavy atom. The van der Waals surface area contributed by atoms with Crippen molar-refractivity contribution in [1.29, 1.82) is 0 Å². The van der Waals surface area contributed by atoms with Gasteiger partial charge >= 0.3 is 12.1 Å². The van der Waals surface area contributed by atoms with Gasteiger partial charge in [-0.25, -0.2) is 19.6 Å². The average Bonchev–Trinajstić information content (AvgIpc) is 3.86. The number of aromatic nitrogens is 3. The molecular weight excluding hydrogens is 650 g/mol. The Morgan fingerprint density at radius 2 is 1.78 bits per heavy atom. The van der Waals surface area contributed by atoms with Crippen LogP contribution in [0.1, 0.15) is 67.8 Å². The Morgan fingerprint density at radius 3 is 2.41 bits per heavy atom. The highest BCUT2D eigenvalue weighted by atomic mass is 32.1. The molecule has 0 aliphatic carbocycles. The van der Waals surface area contributed by atoms with E-state index in [2.05, 4.69) is 30.9 Å². The van der Waals surface area contributed by atoms with Gasteiger partial charge in [-0.15, -0.1) is 11.3 Å². The first-order valence-corrected chi connectivity index (χ1v) is 17.0. The van der Waals surface area contributed by atoms with E-state index in [0.29, 0.717) is 23.8 Å². The molecule has 0 saturated heterocycles. The van der Waals surface area contributed by atoms with Gasteiger partial charge in [0.05, 0.1) is 41.0 Å². The molecule has 0 bridgehead atoms. The minimum absolute atomic E-state index is 0.0437. The lowest BCUT2D eigenvalue weighted by Gasteiger charge is -2.30. The lowest BCUT2D eigenvalue weighted by Crippen LogP contribution is -2.55. The molecule has 0 aliphatic rings. The maximum atomic E-state index is 13.7.